The number of piperazine rings is 1. The van der Waals surface area contributed by atoms with Crippen molar-refractivity contribution in [3.8, 4) is 29.6 Å². The van der Waals surface area contributed by atoms with Gasteiger partial charge in [0.25, 0.3) is 0 Å². The van der Waals surface area contributed by atoms with Crippen LogP contribution in [0.3, 0.4) is 0 Å². The molecule has 4 aliphatic heterocycles. The summed E-state index contributed by atoms with van der Waals surface area (Å²) in [6, 6.07) is 8.63. The molecule has 2 aromatic carbocycles. The van der Waals surface area contributed by atoms with Crippen LogP contribution in [-0.2, 0) is 6.42 Å². The largest absolute Gasteiger partial charge is 0.461 e. The van der Waals surface area contributed by atoms with Crippen LogP contribution in [0, 0.1) is 29.9 Å². The van der Waals surface area contributed by atoms with Crippen LogP contribution >= 0.6 is 0 Å². The first-order valence-corrected chi connectivity index (χ1v) is 16.8. The molecule has 4 aromatic rings. The van der Waals surface area contributed by atoms with Gasteiger partial charge in [0.15, 0.2) is 5.82 Å². The highest BCUT2D eigenvalue weighted by Crippen LogP contribution is 2.45. The minimum Gasteiger partial charge on any atom is -0.461 e. The summed E-state index contributed by atoms with van der Waals surface area (Å²) in [5.41, 5.74) is 1.29. The topological polar surface area (TPSA) is 66.4 Å². The van der Waals surface area contributed by atoms with Crippen molar-refractivity contribution in [1.29, 1.82) is 0 Å². The molecule has 0 saturated carbocycles. The van der Waals surface area contributed by atoms with Gasteiger partial charge in [0, 0.05) is 33.4 Å². The third-order valence-corrected chi connectivity index (χ3v) is 10.9. The number of hydrogen-bond acceptors (Lipinski definition) is 7. The van der Waals surface area contributed by atoms with Crippen molar-refractivity contribution in [3.63, 3.8) is 0 Å². The van der Waals surface area contributed by atoms with Gasteiger partial charge in [-0.05, 0) is 69.5 Å². The van der Waals surface area contributed by atoms with Crippen LogP contribution in [0.5, 0.6) is 6.01 Å². The van der Waals surface area contributed by atoms with Crippen molar-refractivity contribution in [2.24, 2.45) is 5.92 Å². The molecule has 2 atom stereocenters. The first kappa shape index (κ1) is 33.0. The van der Waals surface area contributed by atoms with E-state index in [1.54, 1.807) is 12.1 Å². The number of rotatable bonds is 4. The summed E-state index contributed by atoms with van der Waals surface area (Å²) in [4.78, 5) is 19.6. The maximum atomic E-state index is 17.0. The zero-order chi connectivity index (χ0) is 32.2. The lowest BCUT2D eigenvalue weighted by Gasteiger charge is -2.48. The molecule has 0 radical (unpaired) electrons. The van der Waals surface area contributed by atoms with E-state index in [0.29, 0.717) is 35.2 Å². The number of fused-ring (bicyclic) bond motifs is 4. The van der Waals surface area contributed by atoms with E-state index in [0.717, 1.165) is 69.5 Å². The van der Waals surface area contributed by atoms with Gasteiger partial charge < -0.3 is 15.0 Å². The molecule has 0 amide bonds. The standard InChI is InChI=1S/C35H36F2N6O.C2H6.FH.2H2/c1-4-23-25(36)11-10-22-8-5-9-24(27(22)23)30-29(37)31-28-26(39-30)18-21(2)34(3)19-38-14-17-43(34)32(28)41-33(40-31)44-20-35-12-6-15-42(35)16-7-13-35;1-2;;;/h1,5,8-11,21,38H,6-7,12-20H2,2-3H3;1-2H3;3*1H/t21-,34?;;;;/m0..../s1. The quantitative estimate of drug-likeness (QED) is 0.236. The van der Waals surface area contributed by atoms with Crippen molar-refractivity contribution in [2.75, 3.05) is 44.2 Å². The fourth-order valence-electron chi connectivity index (χ4n) is 8.32. The fraction of sp³-hybridized carbons (Fsp3) is 0.486. The second-order valence-electron chi connectivity index (χ2n) is 13.2. The molecule has 8 rings (SSSR count). The molecule has 1 N–H and O–H groups in total. The molecular formula is C37H47F3N6O. The Kier molecular flexibility index (Phi) is 8.83. The summed E-state index contributed by atoms with van der Waals surface area (Å²) in [5.74, 6) is 2.23. The van der Waals surface area contributed by atoms with Gasteiger partial charge in [-0.1, -0.05) is 51.0 Å². The molecule has 252 valence electrons. The maximum Gasteiger partial charge on any atom is 0.319 e. The average molecular weight is 649 g/mol. The van der Waals surface area contributed by atoms with E-state index in [4.69, 9.17) is 26.1 Å². The fourth-order valence-corrected chi connectivity index (χ4v) is 8.32. The normalized spacial score (nSPS) is 22.8. The molecule has 7 nitrogen and oxygen atoms in total. The first-order valence-electron chi connectivity index (χ1n) is 16.8. The van der Waals surface area contributed by atoms with Crippen molar-refractivity contribution in [2.45, 2.75) is 70.9 Å². The average Bonchev–Trinajstić information content (AvgIpc) is 3.64. The number of hydrogen-bond donors (Lipinski definition) is 1. The number of nitrogens with one attached hydrogen (secondary N) is 1. The summed E-state index contributed by atoms with van der Waals surface area (Å²) < 4.78 is 38.4. The molecule has 3 fully saturated rings. The molecule has 0 spiro atoms. The summed E-state index contributed by atoms with van der Waals surface area (Å²) in [6.07, 6.45) is 10.9. The Balaban J connectivity index is 0.00000106. The van der Waals surface area contributed by atoms with Crippen LogP contribution in [-0.4, -0.2) is 70.3 Å². The summed E-state index contributed by atoms with van der Waals surface area (Å²) in [5, 5.41) is 5.37. The zero-order valence-corrected chi connectivity index (χ0v) is 27.6. The Morgan fingerprint density at radius 3 is 2.57 bits per heavy atom. The minimum absolute atomic E-state index is 0. The highest BCUT2D eigenvalue weighted by atomic mass is 19.1. The van der Waals surface area contributed by atoms with Crippen LogP contribution in [0.15, 0.2) is 30.3 Å². The Morgan fingerprint density at radius 1 is 1.06 bits per heavy atom. The van der Waals surface area contributed by atoms with Gasteiger partial charge in [-0.3, -0.25) is 9.60 Å². The number of aromatic nitrogens is 3. The number of pyridine rings is 1. The van der Waals surface area contributed by atoms with Gasteiger partial charge in [-0.15, -0.1) is 6.42 Å². The van der Waals surface area contributed by atoms with Crippen LogP contribution < -0.4 is 15.0 Å². The lowest BCUT2D eigenvalue weighted by molar-refractivity contribution is 0.107. The van der Waals surface area contributed by atoms with E-state index in [1.807, 2.05) is 26.0 Å². The van der Waals surface area contributed by atoms with E-state index in [9.17, 15) is 4.39 Å². The molecule has 2 aromatic heterocycles. The van der Waals surface area contributed by atoms with E-state index in [2.05, 4.69) is 34.9 Å². The van der Waals surface area contributed by atoms with Gasteiger partial charge >= 0.3 is 6.01 Å². The third kappa shape index (κ3) is 5.10. The number of anilines is 1. The SMILES string of the molecule is C#Cc1c(F)ccc2cccc(-c3nc4c5c(nc(OCC67CCCN6CCC7)nc5c3F)N3CCNCC3(C)[C@@H](C)C4)c12.CC.F.[HH].[HH]. The van der Waals surface area contributed by atoms with Crippen molar-refractivity contribution in [1.82, 2.24) is 25.2 Å². The summed E-state index contributed by atoms with van der Waals surface area (Å²) >= 11 is 0. The Labute approximate surface area is 277 Å². The van der Waals surface area contributed by atoms with E-state index >= 15 is 4.39 Å². The molecule has 1 unspecified atom stereocenters. The number of ether oxygens (including phenoxy) is 1. The van der Waals surface area contributed by atoms with E-state index in [1.165, 1.54) is 6.07 Å². The zero-order valence-electron chi connectivity index (χ0n) is 27.6. The molecule has 4 aliphatic rings. The number of halogens is 3. The number of nitrogens with zero attached hydrogens (tertiary/aromatic N) is 5. The number of benzene rings is 2. The first-order chi connectivity index (χ1) is 22.3. The molecule has 10 heteroatoms. The van der Waals surface area contributed by atoms with Gasteiger partial charge in [-0.25, -0.2) is 13.8 Å². The molecule has 47 heavy (non-hydrogen) atoms. The highest BCUT2D eigenvalue weighted by Gasteiger charge is 2.46. The van der Waals surface area contributed by atoms with Gasteiger partial charge in [0.2, 0.25) is 0 Å². The van der Waals surface area contributed by atoms with Crippen LogP contribution in [0.2, 0.25) is 0 Å². The highest BCUT2D eigenvalue weighted by molar-refractivity contribution is 6.03. The molecule has 6 heterocycles. The van der Waals surface area contributed by atoms with E-state index in [-0.39, 0.29) is 47.3 Å². The second kappa shape index (κ2) is 12.6. The molecule has 0 bridgehead atoms. The van der Waals surface area contributed by atoms with Gasteiger partial charge in [0.1, 0.15) is 29.5 Å². The van der Waals surface area contributed by atoms with Crippen molar-refractivity contribution in [3.05, 3.63) is 53.2 Å². The van der Waals surface area contributed by atoms with Crippen molar-refractivity contribution < 1.29 is 21.1 Å². The van der Waals surface area contributed by atoms with Crippen LogP contribution in [0.1, 0.15) is 67.5 Å². The van der Waals surface area contributed by atoms with Crippen molar-refractivity contribution >= 4 is 27.5 Å². The Hall–Kier alpha value is -3.94. The smallest absolute Gasteiger partial charge is 0.319 e. The molecule has 0 aliphatic carbocycles. The van der Waals surface area contributed by atoms with Gasteiger partial charge in [-0.2, -0.15) is 9.97 Å². The summed E-state index contributed by atoms with van der Waals surface area (Å²) in [7, 11) is 0. The number of terminal acetylenes is 1. The second-order valence-corrected chi connectivity index (χ2v) is 13.2. The lowest BCUT2D eigenvalue weighted by Crippen LogP contribution is -2.63. The van der Waals surface area contributed by atoms with E-state index < -0.39 is 11.6 Å². The van der Waals surface area contributed by atoms with Gasteiger partial charge in [0.05, 0.1) is 27.7 Å². The third-order valence-electron chi connectivity index (χ3n) is 10.9. The molecular weight excluding hydrogens is 601 g/mol. The predicted octanol–water partition coefficient (Wildman–Crippen LogP) is 7.14. The van der Waals surface area contributed by atoms with Crippen LogP contribution in [0.4, 0.5) is 19.3 Å². The maximum absolute atomic E-state index is 17.0. The predicted molar refractivity (Wildman–Crippen MR) is 186 cm³/mol. The Morgan fingerprint density at radius 2 is 1.83 bits per heavy atom. The minimum atomic E-state index is -0.579. The lowest BCUT2D eigenvalue weighted by atomic mass is 9.82. The summed E-state index contributed by atoms with van der Waals surface area (Å²) in [6.45, 7) is 13.4. The Bertz CT molecular complexity index is 1880. The van der Waals surface area contributed by atoms with Crippen LogP contribution in [0.25, 0.3) is 32.9 Å². The molecule has 3 saturated heterocycles. The monoisotopic (exact) mass is 648 g/mol.